The Kier molecular flexibility index (Phi) is 3.65. The second kappa shape index (κ2) is 4.55. The number of methoxy groups -OCH3 is 1. The second-order valence-corrected chi connectivity index (χ2v) is 3.23. The first kappa shape index (κ1) is 10.4. The van der Waals surface area contributed by atoms with Crippen LogP contribution in [-0.2, 0) is 9.53 Å². The lowest BCUT2D eigenvalue weighted by Gasteiger charge is -2.25. The minimum absolute atomic E-state index is 0.0692. The number of carbonyl (C=O) groups excluding carboxylic acids is 1. The third kappa shape index (κ3) is 2.40. The number of hydrogen-bond acceptors (Lipinski definition) is 4. The molecule has 1 rings (SSSR count). The maximum Gasteiger partial charge on any atom is 0.248 e. The number of rotatable bonds is 3. The topological polar surface area (TPSA) is 61.8 Å². The molecule has 1 fully saturated rings. The number of hydrogen-bond donors (Lipinski definition) is 2. The van der Waals surface area contributed by atoms with Crippen molar-refractivity contribution in [2.75, 3.05) is 33.9 Å². The molecule has 0 unspecified atom stereocenters. The molecule has 1 aliphatic rings. The van der Waals surface area contributed by atoms with Gasteiger partial charge in [0.25, 0.3) is 0 Å². The lowest BCUT2D eigenvalue weighted by atomic mass is 10.2. The molecule has 13 heavy (non-hydrogen) atoms. The third-order valence-electron chi connectivity index (χ3n) is 2.31. The quantitative estimate of drug-likeness (QED) is 0.561. The summed E-state index contributed by atoms with van der Waals surface area (Å²) in [5, 5.41) is 12.5. The van der Waals surface area contributed by atoms with Crippen LogP contribution >= 0.6 is 0 Å². The van der Waals surface area contributed by atoms with Crippen LogP contribution in [0.2, 0.25) is 0 Å². The number of amides is 1. The van der Waals surface area contributed by atoms with E-state index < -0.39 is 6.10 Å². The molecule has 1 saturated heterocycles. The fourth-order valence-corrected chi connectivity index (χ4v) is 1.46. The largest absolute Gasteiger partial charge is 0.390 e. The molecule has 5 nitrogen and oxygen atoms in total. The SMILES string of the molecule is COCC(=O)N(C)[C@H]1CNC[C@@H]1O. The molecule has 5 heteroatoms. The summed E-state index contributed by atoms with van der Waals surface area (Å²) in [7, 11) is 3.16. The van der Waals surface area contributed by atoms with E-state index in [0.29, 0.717) is 13.1 Å². The minimum atomic E-state index is -0.467. The van der Waals surface area contributed by atoms with Gasteiger partial charge in [-0.25, -0.2) is 0 Å². The third-order valence-corrected chi connectivity index (χ3v) is 2.31. The Morgan fingerprint density at radius 1 is 1.69 bits per heavy atom. The van der Waals surface area contributed by atoms with Crippen LogP contribution in [0.1, 0.15) is 0 Å². The fraction of sp³-hybridized carbons (Fsp3) is 0.875. The van der Waals surface area contributed by atoms with Gasteiger partial charge in [0.2, 0.25) is 5.91 Å². The summed E-state index contributed by atoms with van der Waals surface area (Å²) in [6.45, 7) is 1.27. The molecule has 1 amide bonds. The minimum Gasteiger partial charge on any atom is -0.390 e. The number of nitrogens with one attached hydrogen (secondary N) is 1. The van der Waals surface area contributed by atoms with E-state index in [-0.39, 0.29) is 18.6 Å². The van der Waals surface area contributed by atoms with Gasteiger partial charge in [0.1, 0.15) is 6.61 Å². The Labute approximate surface area is 77.7 Å². The molecule has 0 aliphatic carbocycles. The second-order valence-electron chi connectivity index (χ2n) is 3.23. The molecule has 2 N–H and O–H groups in total. The molecule has 0 radical (unpaired) electrons. The van der Waals surface area contributed by atoms with Crippen LogP contribution in [0.5, 0.6) is 0 Å². The van der Waals surface area contributed by atoms with Crippen LogP contribution in [0.25, 0.3) is 0 Å². The predicted octanol–water partition coefficient (Wildman–Crippen LogP) is -1.58. The first-order valence-corrected chi connectivity index (χ1v) is 4.30. The number of aliphatic hydroxyl groups excluding tert-OH is 1. The average Bonchev–Trinajstić information content (AvgIpc) is 2.50. The highest BCUT2D eigenvalue weighted by Gasteiger charge is 2.30. The predicted molar refractivity (Wildman–Crippen MR) is 47.3 cm³/mol. The van der Waals surface area contributed by atoms with Gasteiger partial charge in [-0.1, -0.05) is 0 Å². The van der Waals surface area contributed by atoms with Crippen LogP contribution in [0, 0.1) is 0 Å². The Bertz CT molecular complexity index is 186. The Balaban J connectivity index is 2.45. The highest BCUT2D eigenvalue weighted by molar-refractivity contribution is 5.77. The Morgan fingerprint density at radius 3 is 2.85 bits per heavy atom. The van der Waals surface area contributed by atoms with Gasteiger partial charge in [-0.2, -0.15) is 0 Å². The molecular formula is C8H16N2O3. The van der Waals surface area contributed by atoms with Crippen LogP contribution < -0.4 is 5.32 Å². The van der Waals surface area contributed by atoms with E-state index in [4.69, 9.17) is 4.74 Å². The van der Waals surface area contributed by atoms with E-state index in [2.05, 4.69) is 5.32 Å². The van der Waals surface area contributed by atoms with Crippen molar-refractivity contribution in [2.24, 2.45) is 0 Å². The van der Waals surface area contributed by atoms with E-state index in [1.54, 1.807) is 7.05 Å². The van der Waals surface area contributed by atoms with Crippen molar-refractivity contribution in [1.29, 1.82) is 0 Å². The molecule has 0 aromatic rings. The maximum atomic E-state index is 11.3. The average molecular weight is 188 g/mol. The summed E-state index contributed by atoms with van der Waals surface area (Å²) in [5.74, 6) is -0.102. The summed E-state index contributed by atoms with van der Waals surface area (Å²) in [6, 6.07) is -0.123. The number of likely N-dealkylation sites (N-methyl/N-ethyl adjacent to an activating group) is 1. The summed E-state index contributed by atoms with van der Waals surface area (Å²) < 4.78 is 4.73. The normalized spacial score (nSPS) is 27.6. The Morgan fingerprint density at radius 2 is 2.38 bits per heavy atom. The van der Waals surface area contributed by atoms with Crippen molar-refractivity contribution in [1.82, 2.24) is 10.2 Å². The van der Waals surface area contributed by atoms with E-state index in [1.165, 1.54) is 12.0 Å². The number of carbonyl (C=O) groups is 1. The zero-order valence-corrected chi connectivity index (χ0v) is 7.99. The number of ether oxygens (including phenoxy) is 1. The standard InChI is InChI=1S/C8H16N2O3/c1-10(8(12)5-13-2)6-3-9-4-7(6)11/h6-7,9,11H,3-5H2,1-2H3/t6-,7-/m0/s1. The van der Waals surface area contributed by atoms with E-state index in [0.717, 1.165) is 0 Å². The maximum absolute atomic E-state index is 11.3. The van der Waals surface area contributed by atoms with Gasteiger partial charge >= 0.3 is 0 Å². The van der Waals surface area contributed by atoms with Crippen LogP contribution in [0.4, 0.5) is 0 Å². The van der Waals surface area contributed by atoms with Gasteiger partial charge < -0.3 is 20.1 Å². The van der Waals surface area contributed by atoms with Gasteiger partial charge in [-0.05, 0) is 0 Å². The monoisotopic (exact) mass is 188 g/mol. The molecule has 1 heterocycles. The summed E-state index contributed by atoms with van der Waals surface area (Å²) >= 11 is 0. The van der Waals surface area contributed by atoms with Crippen LogP contribution in [0.3, 0.4) is 0 Å². The smallest absolute Gasteiger partial charge is 0.248 e. The first-order valence-electron chi connectivity index (χ1n) is 4.30. The zero-order valence-electron chi connectivity index (χ0n) is 7.99. The van der Waals surface area contributed by atoms with Gasteiger partial charge in [-0.3, -0.25) is 4.79 Å². The zero-order chi connectivity index (χ0) is 9.84. The Hall–Kier alpha value is -0.650. The van der Waals surface area contributed by atoms with Crippen molar-refractivity contribution in [3.8, 4) is 0 Å². The lowest BCUT2D eigenvalue weighted by Crippen LogP contribution is -2.45. The molecular weight excluding hydrogens is 172 g/mol. The molecule has 0 spiro atoms. The highest BCUT2D eigenvalue weighted by Crippen LogP contribution is 2.07. The van der Waals surface area contributed by atoms with Crippen LogP contribution in [0.15, 0.2) is 0 Å². The van der Waals surface area contributed by atoms with E-state index >= 15 is 0 Å². The van der Waals surface area contributed by atoms with Gasteiger partial charge in [0.15, 0.2) is 0 Å². The number of β-amino-alcohol motifs (C(OH)–C–C–N with tert-alkyl or cyclic N) is 1. The summed E-state index contributed by atoms with van der Waals surface area (Å²) in [4.78, 5) is 12.9. The number of aliphatic hydroxyl groups is 1. The molecule has 0 saturated carbocycles. The summed E-state index contributed by atoms with van der Waals surface area (Å²) in [6.07, 6.45) is -0.467. The molecule has 0 bridgehead atoms. The van der Waals surface area contributed by atoms with Crippen molar-refractivity contribution in [3.05, 3.63) is 0 Å². The fourth-order valence-electron chi connectivity index (χ4n) is 1.46. The van der Waals surface area contributed by atoms with Crippen molar-refractivity contribution in [3.63, 3.8) is 0 Å². The first-order chi connectivity index (χ1) is 6.16. The molecule has 0 aromatic carbocycles. The number of nitrogens with zero attached hydrogens (tertiary/aromatic N) is 1. The van der Waals surface area contributed by atoms with Gasteiger partial charge in [0, 0.05) is 27.2 Å². The van der Waals surface area contributed by atoms with Crippen LogP contribution in [-0.4, -0.2) is 61.9 Å². The van der Waals surface area contributed by atoms with E-state index in [1.807, 2.05) is 0 Å². The highest BCUT2D eigenvalue weighted by atomic mass is 16.5. The molecule has 1 aliphatic heterocycles. The molecule has 2 atom stereocenters. The van der Waals surface area contributed by atoms with Gasteiger partial charge in [-0.15, -0.1) is 0 Å². The van der Waals surface area contributed by atoms with Crippen molar-refractivity contribution >= 4 is 5.91 Å². The van der Waals surface area contributed by atoms with Gasteiger partial charge in [0.05, 0.1) is 12.1 Å². The van der Waals surface area contributed by atoms with E-state index in [9.17, 15) is 9.90 Å². The molecule has 76 valence electrons. The van der Waals surface area contributed by atoms with Crippen molar-refractivity contribution < 1.29 is 14.6 Å². The van der Waals surface area contributed by atoms with Crippen molar-refractivity contribution in [2.45, 2.75) is 12.1 Å². The summed E-state index contributed by atoms with van der Waals surface area (Å²) in [5.41, 5.74) is 0. The molecule has 0 aromatic heterocycles. The lowest BCUT2D eigenvalue weighted by molar-refractivity contribution is -0.137.